The summed E-state index contributed by atoms with van der Waals surface area (Å²) in [6, 6.07) is 10.2. The topological polar surface area (TPSA) is 4.44 Å². The Morgan fingerprint density at radius 2 is 1.73 bits per heavy atom. The minimum Gasteiger partial charge on any atom is -0.325 e. The molecule has 1 aromatic rings. The van der Waals surface area contributed by atoms with Gasteiger partial charge in [-0.15, -0.1) is 0 Å². The van der Waals surface area contributed by atoms with E-state index in [-0.39, 0.29) is 0 Å². The van der Waals surface area contributed by atoms with Crippen molar-refractivity contribution >= 4 is 0 Å². The second-order valence-electron chi connectivity index (χ2n) is 4.16. The van der Waals surface area contributed by atoms with Crippen LogP contribution in [0.5, 0.6) is 0 Å². The molecule has 2 rings (SSSR count). The van der Waals surface area contributed by atoms with Crippen LogP contribution in [0.15, 0.2) is 30.3 Å². The molecular weight excluding hydrogens is 182 g/mol. The number of rotatable bonds is 1. The third-order valence-corrected chi connectivity index (χ3v) is 2.91. The van der Waals surface area contributed by atoms with Crippen LogP contribution in [0.3, 0.4) is 0 Å². The highest BCUT2D eigenvalue weighted by Crippen LogP contribution is 1.95. The number of likely N-dealkylation sites (tertiary alicyclic amines) is 1. The quantitative estimate of drug-likeness (QED) is 0.648. The van der Waals surface area contributed by atoms with E-state index in [0.29, 0.717) is 0 Å². The molecule has 0 unspecified atom stereocenters. The maximum absolute atomic E-state index is 3.28. The lowest BCUT2D eigenvalue weighted by Gasteiger charge is -2.20. The number of nitrogens with one attached hydrogen (secondary N) is 1. The van der Waals surface area contributed by atoms with Crippen molar-refractivity contribution in [1.29, 1.82) is 0 Å². The van der Waals surface area contributed by atoms with Crippen molar-refractivity contribution in [3.8, 4) is 11.8 Å². The molecule has 0 bridgehead atoms. The molecular formula is C14H18N+. The molecule has 1 aliphatic rings. The Morgan fingerprint density at radius 3 is 2.47 bits per heavy atom. The SMILES string of the molecule is C(#Cc1ccccc1)C[NH+]1CCCCC1. The lowest BCUT2D eigenvalue weighted by molar-refractivity contribution is -0.897. The zero-order valence-corrected chi connectivity index (χ0v) is 9.13. The summed E-state index contributed by atoms with van der Waals surface area (Å²) >= 11 is 0. The van der Waals surface area contributed by atoms with Gasteiger partial charge in [-0.25, -0.2) is 0 Å². The Hall–Kier alpha value is -1.26. The van der Waals surface area contributed by atoms with Gasteiger partial charge >= 0.3 is 0 Å². The largest absolute Gasteiger partial charge is 0.325 e. The van der Waals surface area contributed by atoms with Gasteiger partial charge in [0.15, 0.2) is 0 Å². The molecule has 1 N–H and O–H groups in total. The van der Waals surface area contributed by atoms with Crippen LogP contribution < -0.4 is 4.90 Å². The van der Waals surface area contributed by atoms with Crippen molar-refractivity contribution < 1.29 is 4.90 Å². The summed E-state index contributed by atoms with van der Waals surface area (Å²) in [5.41, 5.74) is 1.13. The second kappa shape index (κ2) is 5.58. The van der Waals surface area contributed by atoms with E-state index in [1.807, 2.05) is 18.2 Å². The molecule has 78 valence electrons. The van der Waals surface area contributed by atoms with Gasteiger partial charge in [-0.2, -0.15) is 0 Å². The Morgan fingerprint density at radius 1 is 1.00 bits per heavy atom. The van der Waals surface area contributed by atoms with Gasteiger partial charge in [0.05, 0.1) is 13.1 Å². The van der Waals surface area contributed by atoms with Crippen molar-refractivity contribution in [2.75, 3.05) is 19.6 Å². The summed E-state index contributed by atoms with van der Waals surface area (Å²) < 4.78 is 0. The van der Waals surface area contributed by atoms with Gasteiger partial charge in [0.25, 0.3) is 0 Å². The van der Waals surface area contributed by atoms with Crippen LogP contribution in [0.1, 0.15) is 24.8 Å². The monoisotopic (exact) mass is 200 g/mol. The summed E-state index contributed by atoms with van der Waals surface area (Å²) in [6.45, 7) is 3.63. The Balaban J connectivity index is 1.84. The fourth-order valence-electron chi connectivity index (χ4n) is 2.02. The van der Waals surface area contributed by atoms with Gasteiger partial charge < -0.3 is 4.90 Å². The molecule has 0 aromatic heterocycles. The second-order valence-corrected chi connectivity index (χ2v) is 4.16. The highest BCUT2D eigenvalue weighted by molar-refractivity contribution is 5.33. The first kappa shape index (κ1) is 10.3. The van der Waals surface area contributed by atoms with Gasteiger partial charge in [0.1, 0.15) is 6.54 Å². The Kier molecular flexibility index (Phi) is 3.82. The molecule has 1 aliphatic heterocycles. The molecule has 0 radical (unpaired) electrons. The Bertz CT molecular complexity index is 339. The van der Waals surface area contributed by atoms with Crippen molar-refractivity contribution in [3.05, 3.63) is 35.9 Å². The van der Waals surface area contributed by atoms with Crippen molar-refractivity contribution in [2.45, 2.75) is 19.3 Å². The van der Waals surface area contributed by atoms with E-state index in [1.54, 1.807) is 4.90 Å². The van der Waals surface area contributed by atoms with Crippen LogP contribution in [0.4, 0.5) is 0 Å². The van der Waals surface area contributed by atoms with E-state index in [2.05, 4.69) is 24.0 Å². The molecule has 15 heavy (non-hydrogen) atoms. The Labute approximate surface area is 92.1 Å². The lowest BCUT2D eigenvalue weighted by Crippen LogP contribution is -3.12. The van der Waals surface area contributed by atoms with E-state index in [0.717, 1.165) is 12.1 Å². The number of quaternary nitrogens is 1. The maximum Gasteiger partial charge on any atom is 0.139 e. The van der Waals surface area contributed by atoms with Gasteiger partial charge in [0.2, 0.25) is 0 Å². The van der Waals surface area contributed by atoms with Crippen LogP contribution in [0.25, 0.3) is 0 Å². The van der Waals surface area contributed by atoms with Crippen molar-refractivity contribution in [3.63, 3.8) is 0 Å². The lowest BCUT2D eigenvalue weighted by atomic mass is 10.1. The first-order chi connectivity index (χ1) is 7.45. The zero-order chi connectivity index (χ0) is 10.3. The standard InChI is InChI=1S/C14H17N/c1-3-8-14(9-4-1)10-7-13-15-11-5-2-6-12-15/h1,3-4,8-9H,2,5-6,11-13H2/p+1. The van der Waals surface area contributed by atoms with Gasteiger partial charge in [-0.3, -0.25) is 0 Å². The average Bonchev–Trinajstić information content (AvgIpc) is 2.32. The number of hydrogen-bond donors (Lipinski definition) is 1. The molecule has 0 saturated carbocycles. The molecule has 0 aliphatic carbocycles. The first-order valence-corrected chi connectivity index (χ1v) is 5.82. The number of piperidine rings is 1. The fraction of sp³-hybridized carbons (Fsp3) is 0.429. The van der Waals surface area contributed by atoms with Crippen LogP contribution in [0.2, 0.25) is 0 Å². The van der Waals surface area contributed by atoms with Gasteiger partial charge in [-0.05, 0) is 37.3 Å². The summed E-state index contributed by atoms with van der Waals surface area (Å²) in [7, 11) is 0. The minimum atomic E-state index is 1.01. The molecule has 1 heteroatoms. The normalized spacial score (nSPS) is 16.8. The van der Waals surface area contributed by atoms with Crippen LogP contribution in [0, 0.1) is 11.8 Å². The highest BCUT2D eigenvalue weighted by atomic mass is 15.1. The first-order valence-electron chi connectivity index (χ1n) is 5.82. The number of hydrogen-bond acceptors (Lipinski definition) is 0. The zero-order valence-electron chi connectivity index (χ0n) is 9.13. The maximum atomic E-state index is 3.28. The third kappa shape index (κ3) is 3.42. The molecule has 1 saturated heterocycles. The fourth-order valence-corrected chi connectivity index (χ4v) is 2.02. The van der Waals surface area contributed by atoms with Crippen LogP contribution in [-0.4, -0.2) is 19.6 Å². The smallest absolute Gasteiger partial charge is 0.139 e. The van der Waals surface area contributed by atoms with Gasteiger partial charge in [0, 0.05) is 5.56 Å². The van der Waals surface area contributed by atoms with Gasteiger partial charge in [-0.1, -0.05) is 24.1 Å². The predicted molar refractivity (Wildman–Crippen MR) is 62.7 cm³/mol. The van der Waals surface area contributed by atoms with E-state index in [4.69, 9.17) is 0 Å². The van der Waals surface area contributed by atoms with Crippen molar-refractivity contribution in [2.24, 2.45) is 0 Å². The molecule has 1 fully saturated rings. The van der Waals surface area contributed by atoms with Crippen LogP contribution >= 0.6 is 0 Å². The summed E-state index contributed by atoms with van der Waals surface area (Å²) in [5.74, 6) is 6.51. The molecule has 0 atom stereocenters. The summed E-state index contributed by atoms with van der Waals surface area (Å²) in [6.07, 6.45) is 4.17. The van der Waals surface area contributed by atoms with Crippen LogP contribution in [-0.2, 0) is 0 Å². The van der Waals surface area contributed by atoms with E-state index >= 15 is 0 Å². The molecule has 1 nitrogen and oxygen atoms in total. The highest BCUT2D eigenvalue weighted by Gasteiger charge is 2.10. The summed E-state index contributed by atoms with van der Waals surface area (Å²) in [5, 5.41) is 0. The molecule has 0 amide bonds. The number of benzene rings is 1. The summed E-state index contributed by atoms with van der Waals surface area (Å²) in [4.78, 5) is 1.66. The predicted octanol–water partition coefficient (Wildman–Crippen LogP) is 1.11. The average molecular weight is 200 g/mol. The van der Waals surface area contributed by atoms with E-state index in [1.165, 1.54) is 32.4 Å². The third-order valence-electron chi connectivity index (χ3n) is 2.91. The molecule has 1 aromatic carbocycles. The van der Waals surface area contributed by atoms with E-state index in [9.17, 15) is 0 Å². The van der Waals surface area contributed by atoms with Crippen molar-refractivity contribution in [1.82, 2.24) is 0 Å². The molecule has 0 spiro atoms. The molecule has 1 heterocycles. The minimum absolute atomic E-state index is 1.01. The van der Waals surface area contributed by atoms with E-state index < -0.39 is 0 Å².